The largest absolute Gasteiger partial charge is 0.506 e. The summed E-state index contributed by atoms with van der Waals surface area (Å²) >= 11 is 0. The molecule has 12 nitrogen and oxygen atoms in total. The number of benzene rings is 4. The molecular formula is C51H65N5O7Si. The number of phenolic OH excluding ortho intramolecular Hbond substituents is 1. The van der Waals surface area contributed by atoms with E-state index in [9.17, 15) is 19.5 Å². The Morgan fingerprint density at radius 2 is 1.62 bits per heavy atom. The first-order valence-corrected chi connectivity index (χ1v) is 25.6. The second kappa shape index (κ2) is 20.6. The molecule has 2 heterocycles. The van der Waals surface area contributed by atoms with Crippen LogP contribution >= 0.6 is 0 Å². The van der Waals surface area contributed by atoms with Gasteiger partial charge in [0.2, 0.25) is 11.5 Å². The van der Waals surface area contributed by atoms with Crippen LogP contribution in [0, 0.1) is 11.8 Å². The Bertz CT molecular complexity index is 2410. The topological polar surface area (TPSA) is 145 Å². The van der Waals surface area contributed by atoms with Crippen LogP contribution in [-0.4, -0.2) is 99.2 Å². The van der Waals surface area contributed by atoms with E-state index >= 15 is 0 Å². The van der Waals surface area contributed by atoms with Crippen LogP contribution in [0.2, 0.25) is 18.1 Å². The first kappa shape index (κ1) is 46.5. The summed E-state index contributed by atoms with van der Waals surface area (Å²) < 4.78 is 18.8. The number of anilines is 1. The van der Waals surface area contributed by atoms with Gasteiger partial charge in [0.05, 0.1) is 30.3 Å². The zero-order valence-electron chi connectivity index (χ0n) is 38.2. The maximum absolute atomic E-state index is 13.0. The highest BCUT2D eigenvalue weighted by Gasteiger charge is 2.42. The first-order chi connectivity index (χ1) is 30.6. The van der Waals surface area contributed by atoms with Crippen molar-refractivity contribution >= 4 is 36.9 Å². The number of aromatic nitrogens is 1. The molecule has 0 bridgehead atoms. The summed E-state index contributed by atoms with van der Waals surface area (Å²) in [6.07, 6.45) is 2.22. The molecule has 4 N–H and O–H groups in total. The fourth-order valence-corrected chi connectivity index (χ4v) is 10.0. The Hall–Kier alpha value is -5.47. The molecule has 1 aliphatic heterocycles. The number of pyridine rings is 1. The second-order valence-electron chi connectivity index (χ2n) is 19.0. The van der Waals surface area contributed by atoms with Crippen molar-refractivity contribution < 1.29 is 28.6 Å². The molecule has 1 unspecified atom stereocenters. The van der Waals surface area contributed by atoms with Crippen molar-refractivity contribution in [3.8, 4) is 22.6 Å². The molecule has 13 heteroatoms. The van der Waals surface area contributed by atoms with E-state index in [1.807, 2.05) is 72.8 Å². The van der Waals surface area contributed by atoms with Crippen LogP contribution in [-0.2, 0) is 20.4 Å². The van der Waals surface area contributed by atoms with Gasteiger partial charge in [0, 0.05) is 63.3 Å². The van der Waals surface area contributed by atoms with Crippen molar-refractivity contribution in [1.29, 1.82) is 0 Å². The standard InChI is InChI=1S/C51H65N5O7Si/c1-51(2,3)64(5,6)63-46(42-20-22-45(57)49-43(42)21-23-47(58)54-49)32-52-26-28-55(4)48(59)25-29-61-39-18-16-35(17-19-39)24-27-56-33-37-30-40(31-38(37)34-56)62-50(60)53-44-15-11-10-14-41(44)36-12-8-7-9-13-36/h7-23,37-38,40,46,52,57H,24-34H2,1-6H3,(H,53,60)(H,54,58)/t37-,38+,40?,46-/m0/s1. The summed E-state index contributed by atoms with van der Waals surface area (Å²) in [4.78, 5) is 45.0. The van der Waals surface area contributed by atoms with Gasteiger partial charge in [-0.2, -0.15) is 0 Å². The smallest absolute Gasteiger partial charge is 0.411 e. The monoisotopic (exact) mass is 887 g/mol. The quantitative estimate of drug-likeness (QED) is 0.0501. The number of carbonyl (C=O) groups is 2. The van der Waals surface area contributed by atoms with Crippen LogP contribution in [0.15, 0.2) is 108 Å². The molecule has 5 aromatic rings. The van der Waals surface area contributed by atoms with Gasteiger partial charge in [-0.25, -0.2) is 4.79 Å². The van der Waals surface area contributed by atoms with E-state index < -0.39 is 14.4 Å². The number of carbonyl (C=O) groups excluding carboxylic acids is 2. The lowest BCUT2D eigenvalue weighted by atomic mass is 10.0. The third kappa shape index (κ3) is 11.8. The van der Waals surface area contributed by atoms with E-state index in [1.165, 1.54) is 11.6 Å². The van der Waals surface area contributed by atoms with Crippen molar-refractivity contribution in [3.05, 3.63) is 125 Å². The molecule has 2 aliphatic rings. The number of ether oxygens (including phenoxy) is 2. The number of fused-ring (bicyclic) bond motifs is 2. The molecule has 1 aromatic heterocycles. The first-order valence-electron chi connectivity index (χ1n) is 22.7. The highest BCUT2D eigenvalue weighted by molar-refractivity contribution is 6.74. The minimum absolute atomic E-state index is 0.00196. The van der Waals surface area contributed by atoms with Gasteiger partial charge in [-0.1, -0.05) is 87.5 Å². The maximum Gasteiger partial charge on any atom is 0.411 e. The summed E-state index contributed by atoms with van der Waals surface area (Å²) in [7, 11) is -0.408. The average Bonchev–Trinajstić information content (AvgIpc) is 3.83. The number of H-pyrrole nitrogens is 1. The number of phenols is 1. The average molecular weight is 888 g/mol. The SMILES string of the molecule is CN(CCNC[C@H](O[Si](C)(C)C(C)(C)C)c1ccc(O)c2[nH]c(=O)ccc12)C(=O)CCOc1ccc(CCN2C[C@H]3CC(OC(=O)Nc4ccccc4-c4ccccc4)C[C@H]3C2)cc1. The number of nitrogens with zero attached hydrogens (tertiary/aromatic N) is 2. The molecule has 64 heavy (non-hydrogen) atoms. The number of hydrogen-bond acceptors (Lipinski definition) is 9. The summed E-state index contributed by atoms with van der Waals surface area (Å²) in [6.45, 7) is 15.9. The van der Waals surface area contributed by atoms with Gasteiger partial charge in [0.1, 0.15) is 17.6 Å². The predicted molar refractivity (Wildman–Crippen MR) is 256 cm³/mol. The van der Waals surface area contributed by atoms with Crippen molar-refractivity contribution in [2.75, 3.05) is 58.2 Å². The van der Waals surface area contributed by atoms with E-state index in [4.69, 9.17) is 13.9 Å². The Morgan fingerprint density at radius 3 is 2.34 bits per heavy atom. The van der Waals surface area contributed by atoms with Crippen LogP contribution < -0.4 is 20.9 Å². The summed E-state index contributed by atoms with van der Waals surface area (Å²) in [5, 5.41) is 17.7. The number of amides is 2. The van der Waals surface area contributed by atoms with Crippen molar-refractivity contribution in [1.82, 2.24) is 20.1 Å². The van der Waals surface area contributed by atoms with E-state index in [0.29, 0.717) is 37.0 Å². The molecule has 1 saturated carbocycles. The fraction of sp³-hybridized carbons (Fsp3) is 0.431. The number of nitrogens with one attached hydrogen (secondary N) is 3. The van der Waals surface area contributed by atoms with Crippen LogP contribution in [0.25, 0.3) is 22.0 Å². The molecule has 1 aliphatic carbocycles. The van der Waals surface area contributed by atoms with Gasteiger partial charge in [0.15, 0.2) is 8.32 Å². The Labute approximate surface area is 378 Å². The second-order valence-corrected chi connectivity index (χ2v) is 23.7. The maximum atomic E-state index is 13.0. The molecule has 7 rings (SSSR count). The lowest BCUT2D eigenvalue weighted by molar-refractivity contribution is -0.130. The van der Waals surface area contributed by atoms with Crippen LogP contribution in [0.3, 0.4) is 0 Å². The van der Waals surface area contributed by atoms with Crippen LogP contribution in [0.4, 0.5) is 10.5 Å². The highest BCUT2D eigenvalue weighted by atomic mass is 28.4. The third-order valence-electron chi connectivity index (χ3n) is 13.4. The minimum Gasteiger partial charge on any atom is -0.506 e. The minimum atomic E-state index is -2.21. The van der Waals surface area contributed by atoms with E-state index in [1.54, 1.807) is 24.1 Å². The van der Waals surface area contributed by atoms with Crippen molar-refractivity contribution in [3.63, 3.8) is 0 Å². The lowest BCUT2D eigenvalue weighted by Gasteiger charge is -2.39. The van der Waals surface area contributed by atoms with Crippen molar-refractivity contribution in [2.45, 2.75) is 76.8 Å². The molecule has 4 atom stereocenters. The van der Waals surface area contributed by atoms with Gasteiger partial charge in [-0.3, -0.25) is 14.9 Å². The number of para-hydroxylation sites is 1. The summed E-state index contributed by atoms with van der Waals surface area (Å²) in [5.74, 6) is 1.84. The molecule has 4 aromatic carbocycles. The number of likely N-dealkylation sites (tertiary alicyclic amines) is 1. The molecule has 0 radical (unpaired) electrons. The molecular weight excluding hydrogens is 823 g/mol. The predicted octanol–water partition coefficient (Wildman–Crippen LogP) is 8.98. The van der Waals surface area contributed by atoms with Crippen LogP contribution in [0.5, 0.6) is 11.5 Å². The normalized spacial score (nSPS) is 18.1. The van der Waals surface area contributed by atoms with Gasteiger partial charge in [-0.15, -0.1) is 0 Å². The Morgan fingerprint density at radius 1 is 0.922 bits per heavy atom. The van der Waals surface area contributed by atoms with Crippen LogP contribution in [0.1, 0.15) is 57.3 Å². The van der Waals surface area contributed by atoms with Gasteiger partial charge >= 0.3 is 6.09 Å². The molecule has 0 spiro atoms. The van der Waals surface area contributed by atoms with Gasteiger partial charge in [-0.05, 0) is 96.3 Å². The number of likely N-dealkylation sites (N-methyl/N-ethyl adjacent to an activating group) is 1. The molecule has 1 saturated heterocycles. The Kier molecular flexibility index (Phi) is 15.0. The van der Waals surface area contributed by atoms with Gasteiger partial charge < -0.3 is 39.1 Å². The van der Waals surface area contributed by atoms with E-state index in [-0.39, 0.29) is 47.5 Å². The van der Waals surface area contributed by atoms with Gasteiger partial charge in [0.25, 0.3) is 0 Å². The van der Waals surface area contributed by atoms with Crippen molar-refractivity contribution in [2.24, 2.45) is 11.8 Å². The summed E-state index contributed by atoms with van der Waals surface area (Å²) in [6, 6.07) is 32.7. The molecule has 340 valence electrons. The number of aromatic amines is 1. The number of rotatable bonds is 18. The highest BCUT2D eigenvalue weighted by Crippen LogP contribution is 2.42. The zero-order chi connectivity index (χ0) is 45.4. The third-order valence-corrected chi connectivity index (χ3v) is 17.9. The van der Waals surface area contributed by atoms with E-state index in [2.05, 4.69) is 66.5 Å². The number of aromatic hydroxyl groups is 1. The number of hydrogen-bond donors (Lipinski definition) is 4. The summed E-state index contributed by atoms with van der Waals surface area (Å²) in [5.41, 5.74) is 5.01. The Balaban J connectivity index is 0.794. The van der Waals surface area contributed by atoms with E-state index in [0.717, 1.165) is 72.4 Å². The molecule has 2 fully saturated rings. The molecule has 2 amide bonds. The fourth-order valence-electron chi connectivity index (χ4n) is 8.75. The zero-order valence-corrected chi connectivity index (χ0v) is 39.2. The lowest BCUT2D eigenvalue weighted by Crippen LogP contribution is -2.44.